The molecule has 1 aliphatic rings. The number of ketones is 1. The van der Waals surface area contributed by atoms with Crippen molar-refractivity contribution in [3.05, 3.63) is 99.0 Å². The number of hydrogen-bond donors (Lipinski definition) is 0. The highest BCUT2D eigenvalue weighted by Crippen LogP contribution is 2.33. The molecule has 0 aromatic heterocycles. The summed E-state index contributed by atoms with van der Waals surface area (Å²) in [5.74, 6) is -2.28. The van der Waals surface area contributed by atoms with Crippen molar-refractivity contribution in [2.75, 3.05) is 4.90 Å². The normalized spacial score (nSPS) is 13.7. The number of hydrogen-bond acceptors (Lipinski definition) is 5. The molecule has 8 heteroatoms. The fourth-order valence-electron chi connectivity index (χ4n) is 3.35. The second kappa shape index (κ2) is 8.57. The number of imide groups is 1. The molecular weight excluding hydrogens is 453 g/mol. The largest absolute Gasteiger partial charge is 0.451 e. The Balaban J connectivity index is 1.56. The monoisotopic (exact) mass is 467 g/mol. The predicted octanol–water partition coefficient (Wildman–Crippen LogP) is 5.22. The van der Waals surface area contributed by atoms with Crippen molar-refractivity contribution in [1.29, 1.82) is 0 Å². The standard InChI is InChI=1S/C24H15Cl2NO5/c1-13(21(28)14-5-3-2-4-6-14)32-24(31)15-7-9-17-18(11-15)23(30)27(22(17)29)16-8-10-19(25)20(26)12-16/h2-13H,1H3. The van der Waals surface area contributed by atoms with E-state index in [9.17, 15) is 19.2 Å². The van der Waals surface area contributed by atoms with Gasteiger partial charge in [0, 0.05) is 5.56 Å². The fraction of sp³-hybridized carbons (Fsp3) is 0.0833. The van der Waals surface area contributed by atoms with Gasteiger partial charge in [0.2, 0.25) is 5.78 Å². The van der Waals surface area contributed by atoms with E-state index in [4.69, 9.17) is 27.9 Å². The third kappa shape index (κ3) is 3.90. The van der Waals surface area contributed by atoms with Crippen LogP contribution in [0.2, 0.25) is 10.0 Å². The molecule has 32 heavy (non-hydrogen) atoms. The van der Waals surface area contributed by atoms with Crippen LogP contribution in [0.5, 0.6) is 0 Å². The van der Waals surface area contributed by atoms with Crippen molar-refractivity contribution in [1.82, 2.24) is 0 Å². The summed E-state index contributed by atoms with van der Waals surface area (Å²) in [6, 6.07) is 16.9. The van der Waals surface area contributed by atoms with E-state index in [1.165, 1.54) is 43.3 Å². The summed E-state index contributed by atoms with van der Waals surface area (Å²) >= 11 is 11.9. The van der Waals surface area contributed by atoms with E-state index in [0.717, 1.165) is 4.90 Å². The Kier molecular flexibility index (Phi) is 5.82. The lowest BCUT2D eigenvalue weighted by Gasteiger charge is -2.14. The molecule has 0 aliphatic carbocycles. The van der Waals surface area contributed by atoms with Crippen LogP contribution < -0.4 is 4.90 Å². The van der Waals surface area contributed by atoms with Gasteiger partial charge in [-0.05, 0) is 43.3 Å². The molecule has 0 saturated heterocycles. The second-order valence-electron chi connectivity index (χ2n) is 7.08. The van der Waals surface area contributed by atoms with Crippen LogP contribution in [0.15, 0.2) is 66.7 Å². The lowest BCUT2D eigenvalue weighted by Crippen LogP contribution is -2.29. The summed E-state index contributed by atoms with van der Waals surface area (Å²) in [5, 5.41) is 0.485. The highest BCUT2D eigenvalue weighted by Gasteiger charge is 2.37. The molecule has 0 bridgehead atoms. The minimum atomic E-state index is -1.02. The zero-order valence-corrected chi connectivity index (χ0v) is 18.2. The summed E-state index contributed by atoms with van der Waals surface area (Å²) in [7, 11) is 0. The smallest absolute Gasteiger partial charge is 0.338 e. The Hall–Kier alpha value is -3.48. The van der Waals surface area contributed by atoms with E-state index < -0.39 is 23.9 Å². The van der Waals surface area contributed by atoms with E-state index in [-0.39, 0.29) is 38.2 Å². The summed E-state index contributed by atoms with van der Waals surface area (Å²) in [5.41, 5.74) is 0.925. The van der Waals surface area contributed by atoms with Crippen molar-refractivity contribution >= 4 is 52.5 Å². The maximum absolute atomic E-state index is 12.9. The van der Waals surface area contributed by atoms with Crippen LogP contribution in [0, 0.1) is 0 Å². The zero-order valence-electron chi connectivity index (χ0n) is 16.7. The third-order valence-electron chi connectivity index (χ3n) is 4.99. The molecule has 4 rings (SSSR count). The maximum Gasteiger partial charge on any atom is 0.338 e. The first-order valence-corrected chi connectivity index (χ1v) is 10.3. The van der Waals surface area contributed by atoms with Crippen molar-refractivity contribution in [3.8, 4) is 0 Å². The Morgan fingerprint density at radius 1 is 0.812 bits per heavy atom. The molecule has 0 N–H and O–H groups in total. The molecule has 2 amide bonds. The third-order valence-corrected chi connectivity index (χ3v) is 5.73. The average Bonchev–Trinajstić information content (AvgIpc) is 3.05. The topological polar surface area (TPSA) is 80.8 Å². The number of nitrogens with zero attached hydrogens (tertiary/aromatic N) is 1. The molecule has 6 nitrogen and oxygen atoms in total. The number of ether oxygens (including phenoxy) is 1. The maximum atomic E-state index is 12.9. The molecule has 0 radical (unpaired) electrons. The van der Waals surface area contributed by atoms with Crippen molar-refractivity contribution < 1.29 is 23.9 Å². The summed E-state index contributed by atoms with van der Waals surface area (Å²) in [4.78, 5) is 51.7. The van der Waals surface area contributed by atoms with Crippen LogP contribution in [0.4, 0.5) is 5.69 Å². The van der Waals surface area contributed by atoms with Gasteiger partial charge in [-0.1, -0.05) is 53.5 Å². The summed E-state index contributed by atoms with van der Waals surface area (Å²) in [6.45, 7) is 1.47. The van der Waals surface area contributed by atoms with Crippen LogP contribution in [-0.4, -0.2) is 29.7 Å². The lowest BCUT2D eigenvalue weighted by molar-refractivity contribution is 0.0318. The minimum absolute atomic E-state index is 0.0496. The summed E-state index contributed by atoms with van der Waals surface area (Å²) < 4.78 is 5.28. The van der Waals surface area contributed by atoms with Gasteiger partial charge in [0.05, 0.1) is 32.4 Å². The van der Waals surface area contributed by atoms with Gasteiger partial charge in [0.15, 0.2) is 6.10 Å². The number of esters is 1. The van der Waals surface area contributed by atoms with E-state index in [0.29, 0.717) is 5.56 Å². The molecule has 1 heterocycles. The van der Waals surface area contributed by atoms with E-state index >= 15 is 0 Å². The molecule has 1 aliphatic heterocycles. The van der Waals surface area contributed by atoms with Gasteiger partial charge in [-0.3, -0.25) is 14.4 Å². The number of halogens is 2. The molecule has 0 spiro atoms. The predicted molar refractivity (Wildman–Crippen MR) is 120 cm³/mol. The van der Waals surface area contributed by atoms with Gasteiger partial charge < -0.3 is 4.74 Å². The molecule has 3 aromatic rings. The number of carbonyl (C=O) groups is 4. The van der Waals surface area contributed by atoms with Gasteiger partial charge in [0.1, 0.15) is 0 Å². The summed E-state index contributed by atoms with van der Waals surface area (Å²) in [6.07, 6.45) is -1.02. The quantitative estimate of drug-likeness (QED) is 0.291. The minimum Gasteiger partial charge on any atom is -0.451 e. The first-order chi connectivity index (χ1) is 15.3. The fourth-order valence-corrected chi connectivity index (χ4v) is 3.64. The van der Waals surface area contributed by atoms with Crippen molar-refractivity contribution in [2.45, 2.75) is 13.0 Å². The van der Waals surface area contributed by atoms with Crippen molar-refractivity contribution in [2.24, 2.45) is 0 Å². The van der Waals surface area contributed by atoms with E-state index in [2.05, 4.69) is 0 Å². The number of Topliss-reactive ketones (excluding diaryl/α,β-unsaturated/α-hetero) is 1. The lowest BCUT2D eigenvalue weighted by atomic mass is 10.1. The van der Waals surface area contributed by atoms with Gasteiger partial charge >= 0.3 is 5.97 Å². The highest BCUT2D eigenvalue weighted by atomic mass is 35.5. The van der Waals surface area contributed by atoms with Gasteiger partial charge in [-0.15, -0.1) is 0 Å². The van der Waals surface area contributed by atoms with E-state index in [1.807, 2.05) is 0 Å². The van der Waals surface area contributed by atoms with Crippen LogP contribution in [0.3, 0.4) is 0 Å². The van der Waals surface area contributed by atoms with Gasteiger partial charge in [0.25, 0.3) is 11.8 Å². The number of amides is 2. The molecule has 160 valence electrons. The average molecular weight is 468 g/mol. The Morgan fingerprint density at radius 3 is 2.19 bits per heavy atom. The molecule has 1 atom stereocenters. The zero-order chi connectivity index (χ0) is 23.0. The first-order valence-electron chi connectivity index (χ1n) is 9.56. The second-order valence-corrected chi connectivity index (χ2v) is 7.90. The van der Waals surface area contributed by atoms with Crippen LogP contribution in [0.1, 0.15) is 48.4 Å². The molecule has 3 aromatic carbocycles. The number of carbonyl (C=O) groups excluding carboxylic acids is 4. The van der Waals surface area contributed by atoms with Gasteiger partial charge in [-0.25, -0.2) is 9.69 Å². The molecular formula is C24H15Cl2NO5. The number of benzene rings is 3. The number of anilines is 1. The van der Waals surface area contributed by atoms with Crippen molar-refractivity contribution in [3.63, 3.8) is 0 Å². The van der Waals surface area contributed by atoms with E-state index in [1.54, 1.807) is 30.3 Å². The Morgan fingerprint density at radius 2 is 1.50 bits per heavy atom. The van der Waals surface area contributed by atoms with Crippen LogP contribution >= 0.6 is 23.2 Å². The van der Waals surface area contributed by atoms with Crippen LogP contribution in [-0.2, 0) is 4.74 Å². The molecule has 0 fully saturated rings. The Bertz CT molecular complexity index is 1270. The number of fused-ring (bicyclic) bond motifs is 1. The van der Waals surface area contributed by atoms with Crippen LogP contribution in [0.25, 0.3) is 0 Å². The first kappa shape index (κ1) is 21.7. The highest BCUT2D eigenvalue weighted by molar-refractivity contribution is 6.42. The molecule has 1 unspecified atom stereocenters. The Labute approximate surface area is 193 Å². The molecule has 0 saturated carbocycles. The van der Waals surface area contributed by atoms with Gasteiger partial charge in [-0.2, -0.15) is 0 Å². The number of rotatable bonds is 5. The SMILES string of the molecule is CC(OC(=O)c1ccc2c(c1)C(=O)N(c1ccc(Cl)c(Cl)c1)C2=O)C(=O)c1ccccc1.